The van der Waals surface area contributed by atoms with Gasteiger partial charge in [-0.05, 0) is 37.0 Å². The highest BCUT2D eigenvalue weighted by molar-refractivity contribution is 5.28. The SMILES string of the molecule is CCCOc1cccc(CNC2CCCCCCC2)c1. The highest BCUT2D eigenvalue weighted by atomic mass is 16.5. The minimum Gasteiger partial charge on any atom is -0.494 e. The molecule has 1 aliphatic carbocycles. The van der Waals surface area contributed by atoms with Crippen LogP contribution in [0.4, 0.5) is 0 Å². The van der Waals surface area contributed by atoms with Crippen LogP contribution in [0.1, 0.15) is 63.9 Å². The first kappa shape index (κ1) is 15.4. The average Bonchev–Trinajstić information content (AvgIpc) is 2.44. The van der Waals surface area contributed by atoms with E-state index in [-0.39, 0.29) is 0 Å². The van der Waals surface area contributed by atoms with Crippen molar-refractivity contribution in [3.63, 3.8) is 0 Å². The molecule has 0 radical (unpaired) electrons. The Kier molecular flexibility index (Phi) is 6.93. The Morgan fingerprint density at radius 3 is 2.60 bits per heavy atom. The van der Waals surface area contributed by atoms with Crippen molar-refractivity contribution in [1.29, 1.82) is 0 Å². The van der Waals surface area contributed by atoms with E-state index >= 15 is 0 Å². The number of ether oxygens (including phenoxy) is 1. The summed E-state index contributed by atoms with van der Waals surface area (Å²) in [7, 11) is 0. The molecular formula is C18H29NO. The van der Waals surface area contributed by atoms with Crippen molar-refractivity contribution in [2.45, 2.75) is 70.9 Å². The predicted octanol–water partition coefficient (Wildman–Crippen LogP) is 4.68. The molecule has 0 atom stereocenters. The number of rotatable bonds is 6. The molecule has 2 heteroatoms. The van der Waals surface area contributed by atoms with Crippen molar-refractivity contribution < 1.29 is 4.74 Å². The topological polar surface area (TPSA) is 21.3 Å². The molecule has 1 aromatic rings. The van der Waals surface area contributed by atoms with Crippen molar-refractivity contribution in [3.05, 3.63) is 29.8 Å². The molecule has 2 nitrogen and oxygen atoms in total. The summed E-state index contributed by atoms with van der Waals surface area (Å²) in [5, 5.41) is 3.73. The smallest absolute Gasteiger partial charge is 0.119 e. The van der Waals surface area contributed by atoms with Crippen molar-refractivity contribution in [2.24, 2.45) is 0 Å². The van der Waals surface area contributed by atoms with Gasteiger partial charge in [0.15, 0.2) is 0 Å². The van der Waals surface area contributed by atoms with Gasteiger partial charge in [-0.1, -0.05) is 51.2 Å². The van der Waals surface area contributed by atoms with Gasteiger partial charge in [0, 0.05) is 12.6 Å². The summed E-state index contributed by atoms with van der Waals surface area (Å²) in [5.74, 6) is 1.00. The van der Waals surface area contributed by atoms with E-state index in [1.807, 2.05) is 0 Å². The molecule has 20 heavy (non-hydrogen) atoms. The monoisotopic (exact) mass is 275 g/mol. The van der Waals surface area contributed by atoms with E-state index in [9.17, 15) is 0 Å². The summed E-state index contributed by atoms with van der Waals surface area (Å²) >= 11 is 0. The Bertz CT molecular complexity index is 369. The quantitative estimate of drug-likeness (QED) is 0.814. The molecule has 0 aromatic heterocycles. The first-order chi connectivity index (χ1) is 9.88. The molecule has 1 fully saturated rings. The fourth-order valence-electron chi connectivity index (χ4n) is 2.89. The van der Waals surface area contributed by atoms with Crippen LogP contribution in [-0.4, -0.2) is 12.6 Å². The van der Waals surface area contributed by atoms with Crippen LogP contribution >= 0.6 is 0 Å². The molecule has 0 heterocycles. The van der Waals surface area contributed by atoms with E-state index in [0.717, 1.165) is 25.3 Å². The van der Waals surface area contributed by atoms with Gasteiger partial charge in [0.25, 0.3) is 0 Å². The third-order valence-corrected chi connectivity index (χ3v) is 4.07. The van der Waals surface area contributed by atoms with E-state index < -0.39 is 0 Å². The normalized spacial score (nSPS) is 17.4. The number of benzene rings is 1. The minimum absolute atomic E-state index is 0.704. The van der Waals surface area contributed by atoms with E-state index in [2.05, 4.69) is 36.5 Å². The lowest BCUT2D eigenvalue weighted by Crippen LogP contribution is -2.29. The third-order valence-electron chi connectivity index (χ3n) is 4.07. The maximum Gasteiger partial charge on any atom is 0.119 e. The summed E-state index contributed by atoms with van der Waals surface area (Å²) in [6.07, 6.45) is 10.8. The molecule has 0 bridgehead atoms. The molecule has 1 N–H and O–H groups in total. The molecule has 0 unspecified atom stereocenters. The van der Waals surface area contributed by atoms with E-state index in [0.29, 0.717) is 6.04 Å². The molecule has 2 rings (SSSR count). The lowest BCUT2D eigenvalue weighted by Gasteiger charge is -2.21. The van der Waals surface area contributed by atoms with Crippen LogP contribution in [-0.2, 0) is 6.54 Å². The second kappa shape index (κ2) is 9.02. The Labute approximate surface area is 123 Å². The first-order valence-corrected chi connectivity index (χ1v) is 8.33. The second-order valence-electron chi connectivity index (χ2n) is 5.92. The fraction of sp³-hybridized carbons (Fsp3) is 0.667. The van der Waals surface area contributed by atoms with Gasteiger partial charge in [-0.25, -0.2) is 0 Å². The second-order valence-corrected chi connectivity index (χ2v) is 5.92. The molecule has 1 aromatic carbocycles. The zero-order valence-electron chi connectivity index (χ0n) is 12.9. The van der Waals surface area contributed by atoms with Gasteiger partial charge >= 0.3 is 0 Å². The van der Waals surface area contributed by atoms with Gasteiger partial charge in [0.2, 0.25) is 0 Å². The Balaban J connectivity index is 1.79. The zero-order chi connectivity index (χ0) is 14.0. The van der Waals surface area contributed by atoms with Crippen molar-refractivity contribution in [3.8, 4) is 5.75 Å². The van der Waals surface area contributed by atoms with Crippen LogP contribution in [0.2, 0.25) is 0 Å². The largest absolute Gasteiger partial charge is 0.494 e. The maximum atomic E-state index is 5.70. The van der Waals surface area contributed by atoms with Gasteiger partial charge in [-0.2, -0.15) is 0 Å². The molecule has 1 aliphatic rings. The highest BCUT2D eigenvalue weighted by Crippen LogP contribution is 2.18. The predicted molar refractivity (Wildman–Crippen MR) is 85.2 cm³/mol. The Morgan fingerprint density at radius 1 is 1.10 bits per heavy atom. The van der Waals surface area contributed by atoms with Crippen molar-refractivity contribution in [1.82, 2.24) is 5.32 Å². The van der Waals surface area contributed by atoms with Crippen LogP contribution in [0.3, 0.4) is 0 Å². The van der Waals surface area contributed by atoms with E-state index in [1.165, 1.54) is 50.5 Å². The maximum absolute atomic E-state index is 5.70. The van der Waals surface area contributed by atoms with Crippen LogP contribution in [0, 0.1) is 0 Å². The summed E-state index contributed by atoms with van der Waals surface area (Å²) < 4.78 is 5.70. The van der Waals surface area contributed by atoms with Crippen LogP contribution in [0.15, 0.2) is 24.3 Å². The van der Waals surface area contributed by atoms with Gasteiger partial charge in [-0.15, -0.1) is 0 Å². The molecule has 112 valence electrons. The van der Waals surface area contributed by atoms with Crippen molar-refractivity contribution in [2.75, 3.05) is 6.61 Å². The standard InChI is InChI=1S/C18H29NO/c1-2-13-20-18-12-8-9-16(14-18)15-19-17-10-6-4-3-5-7-11-17/h8-9,12,14,17,19H,2-7,10-11,13,15H2,1H3. The molecule has 1 saturated carbocycles. The van der Waals surface area contributed by atoms with Gasteiger partial charge in [0.1, 0.15) is 5.75 Å². The third kappa shape index (κ3) is 5.54. The van der Waals surface area contributed by atoms with Crippen LogP contribution in [0.25, 0.3) is 0 Å². The molecular weight excluding hydrogens is 246 g/mol. The highest BCUT2D eigenvalue weighted by Gasteiger charge is 2.10. The zero-order valence-corrected chi connectivity index (χ0v) is 12.9. The van der Waals surface area contributed by atoms with E-state index in [4.69, 9.17) is 4.74 Å². The molecule has 0 amide bonds. The van der Waals surface area contributed by atoms with E-state index in [1.54, 1.807) is 0 Å². The van der Waals surface area contributed by atoms with Gasteiger partial charge in [0.05, 0.1) is 6.61 Å². The number of nitrogens with one attached hydrogen (secondary N) is 1. The number of hydrogen-bond donors (Lipinski definition) is 1. The van der Waals surface area contributed by atoms with Crippen LogP contribution in [0.5, 0.6) is 5.75 Å². The van der Waals surface area contributed by atoms with Gasteiger partial charge in [-0.3, -0.25) is 0 Å². The molecule has 0 aliphatic heterocycles. The average molecular weight is 275 g/mol. The fourth-order valence-corrected chi connectivity index (χ4v) is 2.89. The molecule has 0 spiro atoms. The Morgan fingerprint density at radius 2 is 1.85 bits per heavy atom. The summed E-state index contributed by atoms with van der Waals surface area (Å²) in [6.45, 7) is 3.91. The lowest BCUT2D eigenvalue weighted by atomic mass is 9.96. The Hall–Kier alpha value is -1.02. The minimum atomic E-state index is 0.704. The first-order valence-electron chi connectivity index (χ1n) is 8.33. The summed E-state index contributed by atoms with van der Waals surface area (Å²) in [5.41, 5.74) is 1.33. The summed E-state index contributed by atoms with van der Waals surface area (Å²) in [4.78, 5) is 0. The van der Waals surface area contributed by atoms with Gasteiger partial charge < -0.3 is 10.1 Å². The number of hydrogen-bond acceptors (Lipinski definition) is 2. The molecule has 0 saturated heterocycles. The van der Waals surface area contributed by atoms with Crippen LogP contribution < -0.4 is 10.1 Å². The summed E-state index contributed by atoms with van der Waals surface area (Å²) in [6, 6.07) is 9.21. The lowest BCUT2D eigenvalue weighted by molar-refractivity contribution is 0.317. The van der Waals surface area contributed by atoms with Crippen molar-refractivity contribution >= 4 is 0 Å².